The molecular weight excluding hydrogens is 308 g/mol. The molecule has 1 fully saturated rings. The van der Waals surface area contributed by atoms with Crippen LogP contribution in [-0.4, -0.2) is 34.9 Å². The SMILES string of the molecule is O=C(CCN1CCSC1=O)Nc1ccc(-c2ccccc2)cc1. The van der Waals surface area contributed by atoms with Gasteiger partial charge in [0.25, 0.3) is 5.24 Å². The first-order chi connectivity index (χ1) is 11.2. The highest BCUT2D eigenvalue weighted by Crippen LogP contribution is 2.21. The number of hydrogen-bond acceptors (Lipinski definition) is 3. The van der Waals surface area contributed by atoms with Gasteiger partial charge in [-0.3, -0.25) is 9.59 Å². The van der Waals surface area contributed by atoms with Crippen molar-refractivity contribution in [1.82, 2.24) is 4.90 Å². The normalized spacial score (nSPS) is 14.1. The minimum atomic E-state index is -0.0674. The molecule has 118 valence electrons. The van der Waals surface area contributed by atoms with E-state index < -0.39 is 0 Å². The fraction of sp³-hybridized carbons (Fsp3) is 0.222. The van der Waals surface area contributed by atoms with Crippen molar-refractivity contribution < 1.29 is 9.59 Å². The van der Waals surface area contributed by atoms with Crippen molar-refractivity contribution in [2.75, 3.05) is 24.2 Å². The van der Waals surface area contributed by atoms with Crippen LogP contribution in [0.15, 0.2) is 54.6 Å². The molecule has 1 saturated heterocycles. The summed E-state index contributed by atoms with van der Waals surface area (Å²) in [7, 11) is 0. The van der Waals surface area contributed by atoms with Gasteiger partial charge in [0.2, 0.25) is 5.91 Å². The fourth-order valence-electron chi connectivity index (χ4n) is 2.47. The highest BCUT2D eigenvalue weighted by molar-refractivity contribution is 8.13. The van der Waals surface area contributed by atoms with Crippen LogP contribution >= 0.6 is 11.8 Å². The molecule has 2 aromatic carbocycles. The molecule has 1 heterocycles. The van der Waals surface area contributed by atoms with E-state index in [1.807, 2.05) is 42.5 Å². The third-order valence-electron chi connectivity index (χ3n) is 3.73. The van der Waals surface area contributed by atoms with E-state index in [1.54, 1.807) is 4.90 Å². The zero-order valence-electron chi connectivity index (χ0n) is 12.7. The minimum Gasteiger partial charge on any atom is -0.332 e. The van der Waals surface area contributed by atoms with E-state index in [0.717, 1.165) is 29.1 Å². The largest absolute Gasteiger partial charge is 0.332 e. The molecule has 23 heavy (non-hydrogen) atoms. The van der Waals surface area contributed by atoms with Crippen LogP contribution in [-0.2, 0) is 4.79 Å². The predicted molar refractivity (Wildman–Crippen MR) is 94.6 cm³/mol. The Morgan fingerprint density at radius 3 is 2.39 bits per heavy atom. The quantitative estimate of drug-likeness (QED) is 0.908. The maximum atomic E-state index is 12.0. The maximum Gasteiger partial charge on any atom is 0.281 e. The molecule has 0 radical (unpaired) electrons. The summed E-state index contributed by atoms with van der Waals surface area (Å²) in [5, 5.41) is 2.95. The van der Waals surface area contributed by atoms with Gasteiger partial charge in [0.15, 0.2) is 0 Å². The molecular formula is C18H18N2O2S. The van der Waals surface area contributed by atoms with Gasteiger partial charge in [-0.2, -0.15) is 0 Å². The van der Waals surface area contributed by atoms with Crippen molar-refractivity contribution in [3.05, 3.63) is 54.6 Å². The van der Waals surface area contributed by atoms with Crippen LogP contribution in [0.1, 0.15) is 6.42 Å². The van der Waals surface area contributed by atoms with Crippen molar-refractivity contribution in [1.29, 1.82) is 0 Å². The summed E-state index contributed by atoms with van der Waals surface area (Å²) in [5.74, 6) is 0.753. The first-order valence-corrected chi connectivity index (χ1v) is 8.58. The molecule has 2 amide bonds. The third kappa shape index (κ3) is 4.13. The lowest BCUT2D eigenvalue weighted by molar-refractivity contribution is -0.116. The molecule has 0 bridgehead atoms. The van der Waals surface area contributed by atoms with Gasteiger partial charge in [-0.1, -0.05) is 54.2 Å². The summed E-state index contributed by atoms with van der Waals surface area (Å²) in [6.07, 6.45) is 0.326. The van der Waals surface area contributed by atoms with E-state index in [0.29, 0.717) is 13.0 Å². The lowest BCUT2D eigenvalue weighted by Crippen LogP contribution is -2.27. The van der Waals surface area contributed by atoms with Gasteiger partial charge < -0.3 is 10.2 Å². The van der Waals surface area contributed by atoms with Gasteiger partial charge in [0, 0.05) is 31.0 Å². The van der Waals surface area contributed by atoms with Crippen LogP contribution in [0, 0.1) is 0 Å². The summed E-state index contributed by atoms with van der Waals surface area (Å²) in [6.45, 7) is 1.22. The summed E-state index contributed by atoms with van der Waals surface area (Å²) < 4.78 is 0. The van der Waals surface area contributed by atoms with Crippen LogP contribution < -0.4 is 5.32 Å². The molecule has 1 aliphatic heterocycles. The zero-order chi connectivity index (χ0) is 16.1. The summed E-state index contributed by atoms with van der Waals surface area (Å²) in [5.41, 5.74) is 3.04. The number of benzene rings is 2. The molecule has 0 saturated carbocycles. The van der Waals surface area contributed by atoms with Gasteiger partial charge in [0.1, 0.15) is 0 Å². The van der Waals surface area contributed by atoms with E-state index in [1.165, 1.54) is 11.8 Å². The van der Waals surface area contributed by atoms with E-state index >= 15 is 0 Å². The Kier molecular flexibility index (Phi) is 4.98. The first kappa shape index (κ1) is 15.6. The standard InChI is InChI=1S/C18H18N2O2S/c21-17(10-11-20-12-13-23-18(20)22)19-16-8-6-15(7-9-16)14-4-2-1-3-5-14/h1-9H,10-13H2,(H,19,21). The second kappa shape index (κ2) is 7.33. The molecule has 0 aliphatic carbocycles. The number of nitrogens with zero attached hydrogens (tertiary/aromatic N) is 1. The zero-order valence-corrected chi connectivity index (χ0v) is 13.5. The molecule has 0 atom stereocenters. The minimum absolute atomic E-state index is 0.0674. The van der Waals surface area contributed by atoms with Gasteiger partial charge in [0.05, 0.1) is 0 Å². The number of carbonyl (C=O) groups is 2. The Balaban J connectivity index is 1.53. The summed E-state index contributed by atoms with van der Waals surface area (Å²) in [4.78, 5) is 25.2. The summed E-state index contributed by atoms with van der Waals surface area (Å²) in [6, 6.07) is 17.9. The number of nitrogens with one attached hydrogen (secondary N) is 1. The Morgan fingerprint density at radius 1 is 1.04 bits per heavy atom. The first-order valence-electron chi connectivity index (χ1n) is 7.59. The van der Waals surface area contributed by atoms with Gasteiger partial charge in [-0.25, -0.2) is 0 Å². The number of thioether (sulfide) groups is 1. The Hall–Kier alpha value is -2.27. The number of carbonyl (C=O) groups excluding carboxylic acids is 2. The summed E-state index contributed by atoms with van der Waals surface area (Å²) >= 11 is 1.32. The van der Waals surface area contributed by atoms with Crippen LogP contribution in [0.2, 0.25) is 0 Å². The Labute approximate surface area is 139 Å². The number of rotatable bonds is 5. The van der Waals surface area contributed by atoms with Crippen molar-refractivity contribution in [3.63, 3.8) is 0 Å². The van der Waals surface area contributed by atoms with E-state index in [2.05, 4.69) is 17.4 Å². The number of amides is 2. The average Bonchev–Trinajstić information content (AvgIpc) is 3.00. The molecule has 1 aliphatic rings. The fourth-order valence-corrected chi connectivity index (χ4v) is 3.32. The van der Waals surface area contributed by atoms with Crippen LogP contribution in [0.5, 0.6) is 0 Å². The van der Waals surface area contributed by atoms with Crippen LogP contribution in [0.25, 0.3) is 11.1 Å². The predicted octanol–water partition coefficient (Wildman–Crippen LogP) is 3.85. The number of hydrogen-bond donors (Lipinski definition) is 1. The van der Waals surface area contributed by atoms with Crippen LogP contribution in [0.3, 0.4) is 0 Å². The van der Waals surface area contributed by atoms with Crippen molar-refractivity contribution in [2.24, 2.45) is 0 Å². The Morgan fingerprint density at radius 2 is 1.74 bits per heavy atom. The highest BCUT2D eigenvalue weighted by atomic mass is 32.2. The smallest absolute Gasteiger partial charge is 0.281 e. The third-order valence-corrected chi connectivity index (χ3v) is 4.62. The van der Waals surface area contributed by atoms with Crippen molar-refractivity contribution in [3.8, 4) is 11.1 Å². The highest BCUT2D eigenvalue weighted by Gasteiger charge is 2.21. The van der Waals surface area contributed by atoms with Crippen LogP contribution in [0.4, 0.5) is 10.5 Å². The van der Waals surface area contributed by atoms with Gasteiger partial charge in [-0.05, 0) is 23.3 Å². The number of anilines is 1. The van der Waals surface area contributed by atoms with Gasteiger partial charge in [-0.15, -0.1) is 0 Å². The topological polar surface area (TPSA) is 49.4 Å². The second-order valence-corrected chi connectivity index (χ2v) is 6.39. The van der Waals surface area contributed by atoms with Crippen molar-refractivity contribution >= 4 is 28.6 Å². The second-order valence-electron chi connectivity index (χ2n) is 5.34. The lowest BCUT2D eigenvalue weighted by Gasteiger charge is -2.14. The van der Waals surface area contributed by atoms with E-state index in [4.69, 9.17) is 0 Å². The Bertz CT molecular complexity index is 686. The molecule has 1 N–H and O–H groups in total. The van der Waals surface area contributed by atoms with E-state index in [-0.39, 0.29) is 11.1 Å². The van der Waals surface area contributed by atoms with Crippen molar-refractivity contribution in [2.45, 2.75) is 6.42 Å². The van der Waals surface area contributed by atoms with Gasteiger partial charge >= 0.3 is 0 Å². The van der Waals surface area contributed by atoms with E-state index in [9.17, 15) is 9.59 Å². The molecule has 0 unspecified atom stereocenters. The maximum absolute atomic E-state index is 12.0. The molecule has 0 spiro atoms. The molecule has 2 aromatic rings. The molecule has 0 aromatic heterocycles. The molecule has 3 rings (SSSR count). The lowest BCUT2D eigenvalue weighted by atomic mass is 10.1. The molecule has 4 nitrogen and oxygen atoms in total. The molecule has 5 heteroatoms. The monoisotopic (exact) mass is 326 g/mol. The average molecular weight is 326 g/mol.